The Morgan fingerprint density at radius 3 is 2.50 bits per heavy atom. The molecular formula is C27H19F2N5O4. The molecule has 0 radical (unpaired) electrons. The van der Waals surface area contributed by atoms with Crippen molar-refractivity contribution in [2.24, 2.45) is 0 Å². The molecule has 1 N–H and O–H groups in total. The summed E-state index contributed by atoms with van der Waals surface area (Å²) in [6, 6.07) is 12.2. The normalized spacial score (nSPS) is 10.8. The molecule has 11 heteroatoms. The summed E-state index contributed by atoms with van der Waals surface area (Å²) in [5, 5.41) is 2.52. The van der Waals surface area contributed by atoms with Crippen molar-refractivity contribution >= 4 is 22.6 Å². The highest BCUT2D eigenvalue weighted by atomic mass is 19.1. The van der Waals surface area contributed by atoms with Crippen molar-refractivity contribution in [1.29, 1.82) is 0 Å². The fourth-order valence-electron chi connectivity index (χ4n) is 3.74. The number of hydrogen-bond donors (Lipinski definition) is 1. The van der Waals surface area contributed by atoms with Gasteiger partial charge in [0.15, 0.2) is 17.3 Å². The minimum Gasteiger partial charge on any atom is -0.495 e. The molecule has 0 unspecified atom stereocenters. The van der Waals surface area contributed by atoms with E-state index in [2.05, 4.69) is 20.3 Å². The second-order valence-electron chi connectivity index (χ2n) is 8.11. The van der Waals surface area contributed by atoms with Gasteiger partial charge in [0, 0.05) is 30.1 Å². The van der Waals surface area contributed by atoms with Crippen LogP contribution in [0.25, 0.3) is 16.7 Å². The molecule has 0 aliphatic heterocycles. The maximum atomic E-state index is 14.9. The number of nitrogens with one attached hydrogen (secondary N) is 1. The van der Waals surface area contributed by atoms with Crippen molar-refractivity contribution in [3.63, 3.8) is 0 Å². The summed E-state index contributed by atoms with van der Waals surface area (Å²) < 4.78 is 40.2. The van der Waals surface area contributed by atoms with E-state index in [9.17, 15) is 18.4 Å². The number of fused-ring (bicyclic) bond motifs is 1. The summed E-state index contributed by atoms with van der Waals surface area (Å²) in [6.45, 7) is 1.51. The summed E-state index contributed by atoms with van der Waals surface area (Å²) >= 11 is 0. The molecule has 0 aliphatic rings. The van der Waals surface area contributed by atoms with Gasteiger partial charge in [-0.1, -0.05) is 0 Å². The number of aryl methyl sites for hydroxylation is 1. The van der Waals surface area contributed by atoms with Gasteiger partial charge < -0.3 is 14.8 Å². The summed E-state index contributed by atoms with van der Waals surface area (Å²) in [6.07, 6.45) is 4.25. The van der Waals surface area contributed by atoms with E-state index >= 15 is 0 Å². The van der Waals surface area contributed by atoms with E-state index in [1.54, 1.807) is 12.1 Å². The first-order valence-electron chi connectivity index (χ1n) is 11.3. The van der Waals surface area contributed by atoms with Crippen LogP contribution in [0.2, 0.25) is 0 Å². The Balaban J connectivity index is 1.39. The first kappa shape index (κ1) is 24.5. The van der Waals surface area contributed by atoms with Gasteiger partial charge in [-0.15, -0.1) is 0 Å². The Morgan fingerprint density at radius 2 is 1.76 bits per heavy atom. The topological polar surface area (TPSA) is 108 Å². The van der Waals surface area contributed by atoms with Crippen molar-refractivity contribution in [3.05, 3.63) is 107 Å². The highest BCUT2D eigenvalue weighted by Gasteiger charge is 2.19. The molecule has 3 aromatic heterocycles. The van der Waals surface area contributed by atoms with Crippen LogP contribution < -0.4 is 20.3 Å². The lowest BCUT2D eigenvalue weighted by atomic mass is 10.2. The zero-order valence-electron chi connectivity index (χ0n) is 20.1. The molecule has 5 aromatic rings. The number of carbonyl (C=O) groups excluding carboxylic acids is 1. The van der Waals surface area contributed by atoms with E-state index < -0.39 is 23.1 Å². The lowest BCUT2D eigenvalue weighted by molar-refractivity contribution is 0.102. The van der Waals surface area contributed by atoms with E-state index in [4.69, 9.17) is 9.47 Å². The fraction of sp³-hybridized carbons (Fsp3) is 0.0741. The van der Waals surface area contributed by atoms with Gasteiger partial charge in [-0.25, -0.2) is 18.7 Å². The molecular weight excluding hydrogens is 496 g/mol. The van der Waals surface area contributed by atoms with E-state index in [0.717, 1.165) is 10.6 Å². The summed E-state index contributed by atoms with van der Waals surface area (Å²) in [7, 11) is 1.51. The minimum absolute atomic E-state index is 0.0956. The molecule has 190 valence electrons. The van der Waals surface area contributed by atoms with Crippen LogP contribution in [0.4, 0.5) is 14.5 Å². The monoisotopic (exact) mass is 515 g/mol. The number of anilines is 1. The third-order valence-electron chi connectivity index (χ3n) is 5.65. The molecule has 0 fully saturated rings. The molecule has 0 aliphatic carbocycles. The maximum Gasteiger partial charge on any atom is 0.271 e. The van der Waals surface area contributed by atoms with Crippen LogP contribution in [-0.4, -0.2) is 32.5 Å². The molecule has 2 aromatic carbocycles. The summed E-state index contributed by atoms with van der Waals surface area (Å²) in [5.41, 5.74) is 0.636. The van der Waals surface area contributed by atoms with Crippen LogP contribution in [-0.2, 0) is 0 Å². The predicted octanol–water partition coefficient (Wildman–Crippen LogP) is 4.82. The number of ether oxygens (including phenoxy) is 2. The lowest BCUT2D eigenvalue weighted by Crippen LogP contribution is -2.30. The molecule has 5 rings (SSSR count). The van der Waals surface area contributed by atoms with Gasteiger partial charge in [0.25, 0.3) is 11.5 Å². The Kier molecular flexibility index (Phi) is 6.48. The largest absolute Gasteiger partial charge is 0.495 e. The third kappa shape index (κ3) is 4.76. The second-order valence-corrected chi connectivity index (χ2v) is 8.11. The molecule has 0 saturated heterocycles. The Hall–Kier alpha value is -5.19. The zero-order valence-corrected chi connectivity index (χ0v) is 20.1. The highest BCUT2D eigenvalue weighted by molar-refractivity contribution is 6.04. The number of carbonyl (C=O) groups is 1. The van der Waals surface area contributed by atoms with Crippen LogP contribution in [0.3, 0.4) is 0 Å². The Bertz CT molecular complexity index is 1740. The van der Waals surface area contributed by atoms with E-state index in [0.29, 0.717) is 22.5 Å². The number of halogens is 2. The first-order valence-corrected chi connectivity index (χ1v) is 11.3. The zero-order chi connectivity index (χ0) is 26.8. The molecule has 0 spiro atoms. The summed E-state index contributed by atoms with van der Waals surface area (Å²) in [4.78, 5) is 38.6. The molecule has 38 heavy (non-hydrogen) atoms. The molecule has 0 atom stereocenters. The third-order valence-corrected chi connectivity index (χ3v) is 5.65. The van der Waals surface area contributed by atoms with Crippen molar-refractivity contribution in [2.45, 2.75) is 6.92 Å². The van der Waals surface area contributed by atoms with E-state index in [1.807, 2.05) is 0 Å². The maximum absolute atomic E-state index is 14.9. The Labute approximate surface area is 214 Å². The number of amides is 1. The average Bonchev–Trinajstić information content (AvgIpc) is 2.91. The van der Waals surface area contributed by atoms with Gasteiger partial charge in [0.05, 0.1) is 30.2 Å². The smallest absolute Gasteiger partial charge is 0.271 e. The number of hydrogen-bond acceptors (Lipinski definition) is 7. The van der Waals surface area contributed by atoms with Gasteiger partial charge in [-0.3, -0.25) is 19.1 Å². The predicted molar refractivity (Wildman–Crippen MR) is 135 cm³/mol. The number of aromatic nitrogens is 4. The van der Waals surface area contributed by atoms with Crippen molar-refractivity contribution in [2.75, 3.05) is 12.4 Å². The fourth-order valence-corrected chi connectivity index (χ4v) is 3.74. The average molecular weight is 515 g/mol. The number of methoxy groups -OCH3 is 1. The highest BCUT2D eigenvalue weighted by Crippen LogP contribution is 2.31. The molecule has 0 bridgehead atoms. The van der Waals surface area contributed by atoms with Crippen molar-refractivity contribution < 1.29 is 23.0 Å². The van der Waals surface area contributed by atoms with E-state index in [1.165, 1.54) is 69.2 Å². The quantitative estimate of drug-likeness (QED) is 0.346. The van der Waals surface area contributed by atoms with Crippen LogP contribution in [0, 0.1) is 18.6 Å². The second kappa shape index (κ2) is 10.1. The van der Waals surface area contributed by atoms with Crippen LogP contribution in [0.1, 0.15) is 16.1 Å². The lowest BCUT2D eigenvalue weighted by Gasteiger charge is -2.12. The molecule has 9 nitrogen and oxygen atoms in total. The van der Waals surface area contributed by atoms with Gasteiger partial charge in [-0.2, -0.15) is 0 Å². The van der Waals surface area contributed by atoms with Gasteiger partial charge in [0.1, 0.15) is 29.0 Å². The number of nitrogens with zero attached hydrogens (tertiary/aromatic N) is 4. The Morgan fingerprint density at radius 1 is 0.974 bits per heavy atom. The molecule has 3 heterocycles. The van der Waals surface area contributed by atoms with Gasteiger partial charge in [-0.05, 0) is 43.3 Å². The van der Waals surface area contributed by atoms with Gasteiger partial charge >= 0.3 is 0 Å². The van der Waals surface area contributed by atoms with Crippen molar-refractivity contribution in [3.8, 4) is 22.9 Å². The number of rotatable bonds is 6. The van der Waals surface area contributed by atoms with E-state index in [-0.39, 0.29) is 28.4 Å². The SMILES string of the molecule is COc1cnc2c(Oc3ccc(NC(=O)c4c(C)ncn(-c5ccc(F)cc5)c4=O)cc3F)ccnc2c1. The number of pyridine rings is 2. The van der Waals surface area contributed by atoms with Crippen molar-refractivity contribution in [1.82, 2.24) is 19.5 Å². The minimum atomic E-state index is -0.775. The van der Waals surface area contributed by atoms with Crippen LogP contribution in [0.15, 0.2) is 78.1 Å². The van der Waals surface area contributed by atoms with Crippen LogP contribution >= 0.6 is 0 Å². The molecule has 0 saturated carbocycles. The number of benzene rings is 2. The summed E-state index contributed by atoms with van der Waals surface area (Å²) in [5.74, 6) is -1.31. The molecule has 1 amide bonds. The van der Waals surface area contributed by atoms with Gasteiger partial charge in [0.2, 0.25) is 0 Å². The van der Waals surface area contributed by atoms with Crippen LogP contribution in [0.5, 0.6) is 17.2 Å². The first-order chi connectivity index (χ1) is 18.3. The standard InChI is InChI=1S/C27H19F2N5O4/c1-15-24(27(36)34(14-32-15)18-6-3-16(28)4-7-18)26(35)33-17-5-8-22(20(29)11-17)38-23-9-10-30-21-12-19(37-2)13-31-25(21)23/h3-14H,1-2H3,(H,33,35).